The molecule has 1 saturated heterocycles. The molecule has 1 atom stereocenters. The van der Waals surface area contributed by atoms with Crippen LogP contribution in [0.25, 0.3) is 31.4 Å². The average molecular weight is 836 g/mol. The molecule has 0 radical (unpaired) electrons. The van der Waals surface area contributed by atoms with Crippen LogP contribution in [0.2, 0.25) is 0 Å². The number of phenolic OH excluding ortho intramolecular Hbond substituents is 1. The maximum atomic E-state index is 13.6. The topological polar surface area (TPSA) is 114 Å². The largest absolute Gasteiger partial charge is 0.508 e. The number of carbonyl (C=O) groups excluding carboxylic acids is 2. The van der Waals surface area contributed by atoms with Gasteiger partial charge >= 0.3 is 0 Å². The zero-order chi connectivity index (χ0) is 38.8. The van der Waals surface area contributed by atoms with Gasteiger partial charge in [0, 0.05) is 53.7 Å². The fourth-order valence-corrected chi connectivity index (χ4v) is 9.22. The zero-order valence-electron chi connectivity index (χ0n) is 31.2. The third-order valence-electron chi connectivity index (χ3n) is 10.8. The number of aryl methyl sites for hydroxylation is 2. The molecule has 1 unspecified atom stereocenters. The minimum atomic E-state index is -0.618. The Labute approximate surface area is 337 Å². The summed E-state index contributed by atoms with van der Waals surface area (Å²) in [5, 5.41) is 11.6. The van der Waals surface area contributed by atoms with Crippen LogP contribution < -0.4 is 15.0 Å². The van der Waals surface area contributed by atoms with Crippen LogP contribution in [0.4, 0.5) is 0 Å². The highest BCUT2D eigenvalue weighted by atomic mass is 79.9. The Kier molecular flexibility index (Phi) is 11.3. The van der Waals surface area contributed by atoms with Crippen molar-refractivity contribution in [2.45, 2.75) is 45.1 Å². The number of halogens is 1. The van der Waals surface area contributed by atoms with Crippen molar-refractivity contribution in [2.24, 2.45) is 0 Å². The first kappa shape index (κ1) is 38.0. The van der Waals surface area contributed by atoms with E-state index in [0.29, 0.717) is 41.9 Å². The van der Waals surface area contributed by atoms with Crippen molar-refractivity contribution in [3.8, 4) is 33.4 Å². The molecule has 0 amide bonds. The second kappa shape index (κ2) is 16.7. The Morgan fingerprint density at radius 1 is 0.875 bits per heavy atom. The molecule has 0 bridgehead atoms. The summed E-state index contributed by atoms with van der Waals surface area (Å²) >= 11 is 5.11. The van der Waals surface area contributed by atoms with Crippen molar-refractivity contribution in [3.63, 3.8) is 0 Å². The maximum Gasteiger partial charge on any atom is 0.262 e. The van der Waals surface area contributed by atoms with E-state index in [2.05, 4.69) is 37.9 Å². The van der Waals surface area contributed by atoms with Gasteiger partial charge in [0.05, 0.1) is 28.2 Å². The number of hydrogen-bond acceptors (Lipinski definition) is 10. The van der Waals surface area contributed by atoms with Gasteiger partial charge in [-0.3, -0.25) is 23.9 Å². The maximum absolute atomic E-state index is 13.6. The number of thiophene rings is 1. The summed E-state index contributed by atoms with van der Waals surface area (Å²) in [6, 6.07) is 26.4. The number of aromatic nitrogens is 2. The highest BCUT2D eigenvalue weighted by Crippen LogP contribution is 2.47. The number of aromatic hydroxyl groups is 1. The number of para-hydroxylation sites is 1. The summed E-state index contributed by atoms with van der Waals surface area (Å²) in [5.74, 6) is 2.75. The SMILES string of the molecule is Cc1nc2c(CCCN3CCN(CCOc4ccc(Oc5c(-c6ccc(Br)cc6)sc6cc(O)ccc56)cc4)CC3)cccc2c(=O)n1C1CCC(=O)CC1=O. The molecule has 3 heterocycles. The van der Waals surface area contributed by atoms with Gasteiger partial charge < -0.3 is 19.5 Å². The first-order chi connectivity index (χ1) is 27.2. The molecule has 4 aromatic carbocycles. The van der Waals surface area contributed by atoms with Crippen molar-refractivity contribution in [3.05, 3.63) is 111 Å². The highest BCUT2D eigenvalue weighted by Gasteiger charge is 2.31. The first-order valence-corrected chi connectivity index (χ1v) is 20.7. The van der Waals surface area contributed by atoms with Crippen molar-refractivity contribution in [2.75, 3.05) is 45.9 Å². The van der Waals surface area contributed by atoms with E-state index in [9.17, 15) is 19.5 Å². The summed E-state index contributed by atoms with van der Waals surface area (Å²) < 4.78 is 16.1. The molecule has 2 aromatic heterocycles. The Morgan fingerprint density at radius 2 is 1.61 bits per heavy atom. The van der Waals surface area contributed by atoms with Gasteiger partial charge in [0.2, 0.25) is 0 Å². The fraction of sp³-hybridized carbons (Fsp3) is 0.318. The molecule has 1 aliphatic heterocycles. The first-order valence-electron chi connectivity index (χ1n) is 19.1. The number of phenols is 1. The van der Waals surface area contributed by atoms with Crippen molar-refractivity contribution < 1.29 is 24.2 Å². The van der Waals surface area contributed by atoms with Crippen LogP contribution in [0, 0.1) is 6.92 Å². The van der Waals surface area contributed by atoms with Crippen LogP contribution in [0.3, 0.4) is 0 Å². The van der Waals surface area contributed by atoms with Crippen LogP contribution in [0.1, 0.15) is 43.1 Å². The lowest BCUT2D eigenvalue weighted by atomic mass is 9.92. The summed E-state index contributed by atoms with van der Waals surface area (Å²) in [6.07, 6.45) is 2.32. The number of ketones is 2. The van der Waals surface area contributed by atoms with Crippen LogP contribution in [-0.2, 0) is 16.0 Å². The molecule has 10 nitrogen and oxygen atoms in total. The molecule has 288 valence electrons. The van der Waals surface area contributed by atoms with Crippen LogP contribution in [-0.4, -0.2) is 81.9 Å². The number of Topliss-reactive ketones (excluding diaryl/α,β-unsaturated/α-hetero) is 2. The smallest absolute Gasteiger partial charge is 0.262 e. The number of carbonyl (C=O) groups is 2. The van der Waals surface area contributed by atoms with Gasteiger partial charge in [-0.25, -0.2) is 4.98 Å². The molecule has 0 spiro atoms. The molecule has 8 rings (SSSR count). The molecule has 1 N–H and O–H groups in total. The lowest BCUT2D eigenvalue weighted by molar-refractivity contribution is -0.132. The van der Waals surface area contributed by atoms with Gasteiger partial charge in [-0.15, -0.1) is 11.3 Å². The zero-order valence-corrected chi connectivity index (χ0v) is 33.6. The Hall–Kier alpha value is -4.88. The number of benzene rings is 4. The van der Waals surface area contributed by atoms with E-state index in [4.69, 9.17) is 14.5 Å². The van der Waals surface area contributed by atoms with Crippen molar-refractivity contribution in [1.29, 1.82) is 0 Å². The molecule has 6 aromatic rings. The number of nitrogens with zero attached hydrogens (tertiary/aromatic N) is 4. The predicted octanol–water partition coefficient (Wildman–Crippen LogP) is 8.34. The monoisotopic (exact) mass is 834 g/mol. The van der Waals surface area contributed by atoms with Gasteiger partial charge in [0.25, 0.3) is 5.56 Å². The third kappa shape index (κ3) is 8.29. The highest BCUT2D eigenvalue weighted by molar-refractivity contribution is 9.10. The average Bonchev–Trinajstić information content (AvgIpc) is 3.54. The van der Waals surface area contributed by atoms with Gasteiger partial charge in [-0.2, -0.15) is 0 Å². The molecule has 2 aliphatic rings. The van der Waals surface area contributed by atoms with E-state index < -0.39 is 6.04 Å². The van der Waals surface area contributed by atoms with Gasteiger partial charge in [-0.05, 0) is 105 Å². The predicted molar refractivity (Wildman–Crippen MR) is 223 cm³/mol. The van der Waals surface area contributed by atoms with Gasteiger partial charge in [-0.1, -0.05) is 40.2 Å². The lowest BCUT2D eigenvalue weighted by Gasteiger charge is -2.34. The standard InChI is InChI=1S/C44H43BrN4O6S/c1-28-46-41-29(4-2-6-37(41)44(53)49(28)38-18-12-32(50)26-39(38)52)5-3-19-47-20-22-48(23-21-47)24-25-54-34-13-15-35(16-14-34)55-42-36-17-11-33(51)27-40(36)56-43(42)30-7-9-31(45)10-8-30/h2,4,6-11,13-17,27,38,51H,3,5,12,18-26H2,1H3. The molecular weight excluding hydrogens is 792 g/mol. The van der Waals surface area contributed by atoms with E-state index >= 15 is 0 Å². The summed E-state index contributed by atoms with van der Waals surface area (Å²) in [4.78, 5) is 48.7. The Bertz CT molecular complexity index is 2460. The second-order valence-electron chi connectivity index (χ2n) is 14.5. The van der Waals surface area contributed by atoms with E-state index in [0.717, 1.165) is 94.2 Å². The fourth-order valence-electron chi connectivity index (χ4n) is 7.79. The van der Waals surface area contributed by atoms with Crippen LogP contribution >= 0.6 is 27.3 Å². The van der Waals surface area contributed by atoms with Crippen LogP contribution in [0.5, 0.6) is 23.0 Å². The van der Waals surface area contributed by atoms with Crippen LogP contribution in [0.15, 0.2) is 94.2 Å². The third-order valence-corrected chi connectivity index (χ3v) is 12.5. The molecule has 12 heteroatoms. The quantitative estimate of drug-likeness (QED) is 0.122. The van der Waals surface area contributed by atoms with E-state index in [1.54, 1.807) is 36.5 Å². The molecule has 56 heavy (non-hydrogen) atoms. The summed E-state index contributed by atoms with van der Waals surface area (Å²) in [5.41, 5.74) is 2.60. The van der Waals surface area contributed by atoms with Gasteiger partial charge in [0.15, 0.2) is 11.5 Å². The Morgan fingerprint density at radius 3 is 2.36 bits per heavy atom. The molecule has 1 saturated carbocycles. The van der Waals surface area contributed by atoms with Crippen molar-refractivity contribution in [1.82, 2.24) is 19.4 Å². The molecular formula is C44H43BrN4O6S. The van der Waals surface area contributed by atoms with E-state index in [-0.39, 0.29) is 29.3 Å². The summed E-state index contributed by atoms with van der Waals surface area (Å²) in [7, 11) is 0. The summed E-state index contributed by atoms with van der Waals surface area (Å²) in [6.45, 7) is 8.10. The van der Waals surface area contributed by atoms with E-state index in [1.165, 1.54) is 4.57 Å². The normalized spacial score (nSPS) is 16.9. The number of piperazine rings is 1. The van der Waals surface area contributed by atoms with Gasteiger partial charge in [0.1, 0.15) is 35.5 Å². The number of ether oxygens (including phenoxy) is 2. The second-order valence-corrected chi connectivity index (χ2v) is 16.5. The molecule has 2 fully saturated rings. The minimum absolute atomic E-state index is 0.0612. The lowest BCUT2D eigenvalue weighted by Crippen LogP contribution is -2.47. The Balaban J connectivity index is 0.805. The number of hydrogen-bond donors (Lipinski definition) is 1. The minimum Gasteiger partial charge on any atom is -0.508 e. The van der Waals surface area contributed by atoms with E-state index in [1.807, 2.05) is 54.6 Å². The van der Waals surface area contributed by atoms with Crippen molar-refractivity contribution >= 4 is 59.8 Å². The number of fused-ring (bicyclic) bond motifs is 2. The molecule has 1 aliphatic carbocycles. The number of rotatable bonds is 12.